The van der Waals surface area contributed by atoms with Crippen molar-refractivity contribution in [3.63, 3.8) is 0 Å². The fourth-order valence-corrected chi connectivity index (χ4v) is 1.29. The Bertz CT molecular complexity index is 274. The van der Waals surface area contributed by atoms with Crippen LogP contribution in [0.2, 0.25) is 0 Å². The molecule has 0 radical (unpaired) electrons. The molecule has 0 aliphatic rings. The number of rotatable bonds is 6. The third kappa shape index (κ3) is 7.11. The normalized spacial score (nSPS) is 14.1. The third-order valence-corrected chi connectivity index (χ3v) is 2.92. The number of methoxy groups -OCH3 is 1. The lowest BCUT2D eigenvalue weighted by Crippen LogP contribution is -2.06. The lowest BCUT2D eigenvalue weighted by molar-refractivity contribution is -0.141. The standard InChI is InChI=1S/C8H15O6P/c1-3-15(11,12)14-8(10)6-4-5-7(9)13-2/h3-6H2,1-2H3,(H,11,12). The smallest absolute Gasteiger partial charge is 0.378 e. The summed E-state index contributed by atoms with van der Waals surface area (Å²) in [4.78, 5) is 30.6. The predicted octanol–water partition coefficient (Wildman–Crippen LogP) is 1.08. The number of esters is 1. The fraction of sp³-hybridized carbons (Fsp3) is 0.750. The maximum atomic E-state index is 11.0. The topological polar surface area (TPSA) is 89.9 Å². The molecule has 1 unspecified atom stereocenters. The minimum Gasteiger partial charge on any atom is -0.469 e. The zero-order valence-electron chi connectivity index (χ0n) is 8.76. The Morgan fingerprint density at radius 3 is 2.27 bits per heavy atom. The largest absolute Gasteiger partial charge is 0.469 e. The van der Waals surface area contributed by atoms with Crippen molar-refractivity contribution in [2.24, 2.45) is 0 Å². The van der Waals surface area contributed by atoms with Gasteiger partial charge in [-0.25, -0.2) is 4.57 Å². The van der Waals surface area contributed by atoms with E-state index in [0.717, 1.165) is 0 Å². The van der Waals surface area contributed by atoms with Gasteiger partial charge >= 0.3 is 19.5 Å². The van der Waals surface area contributed by atoms with Crippen LogP contribution in [0, 0.1) is 0 Å². The second kappa shape index (κ2) is 6.58. The van der Waals surface area contributed by atoms with E-state index in [0.29, 0.717) is 0 Å². The van der Waals surface area contributed by atoms with Gasteiger partial charge in [-0.1, -0.05) is 6.92 Å². The molecule has 0 aromatic rings. The molecule has 0 heterocycles. The molecule has 0 saturated heterocycles. The maximum absolute atomic E-state index is 11.0. The summed E-state index contributed by atoms with van der Waals surface area (Å²) in [6.07, 6.45) is 0.151. The van der Waals surface area contributed by atoms with Crippen LogP contribution >= 0.6 is 7.60 Å². The van der Waals surface area contributed by atoms with Gasteiger partial charge in [-0.15, -0.1) is 0 Å². The molecular weight excluding hydrogens is 223 g/mol. The number of hydrogen-bond acceptors (Lipinski definition) is 5. The molecule has 6 nitrogen and oxygen atoms in total. The molecule has 1 atom stereocenters. The van der Waals surface area contributed by atoms with Crippen LogP contribution in [0.25, 0.3) is 0 Å². The lowest BCUT2D eigenvalue weighted by Gasteiger charge is -2.08. The summed E-state index contributed by atoms with van der Waals surface area (Å²) in [7, 11) is -2.52. The molecule has 0 bridgehead atoms. The highest BCUT2D eigenvalue weighted by atomic mass is 31.2. The van der Waals surface area contributed by atoms with Crippen LogP contribution in [0.3, 0.4) is 0 Å². The van der Waals surface area contributed by atoms with Crippen molar-refractivity contribution < 1.29 is 28.3 Å². The number of hydrogen-bond donors (Lipinski definition) is 1. The molecule has 0 aromatic carbocycles. The Labute approximate surface area is 88.1 Å². The SMILES string of the molecule is CCP(=O)(O)OC(=O)CCCC(=O)OC. The zero-order valence-corrected chi connectivity index (χ0v) is 9.66. The summed E-state index contributed by atoms with van der Waals surface area (Å²) in [5.74, 6) is -1.20. The Morgan fingerprint density at radius 1 is 1.27 bits per heavy atom. The Hall–Kier alpha value is -0.870. The van der Waals surface area contributed by atoms with E-state index in [9.17, 15) is 14.2 Å². The summed E-state index contributed by atoms with van der Waals surface area (Å²) in [6, 6.07) is 0. The maximum Gasteiger partial charge on any atom is 0.378 e. The van der Waals surface area contributed by atoms with Crippen molar-refractivity contribution in [2.45, 2.75) is 26.2 Å². The molecule has 88 valence electrons. The van der Waals surface area contributed by atoms with Crippen molar-refractivity contribution in [3.05, 3.63) is 0 Å². The van der Waals surface area contributed by atoms with Gasteiger partial charge in [-0.3, -0.25) is 9.59 Å². The van der Waals surface area contributed by atoms with Gasteiger partial charge in [0.05, 0.1) is 13.3 Å². The van der Waals surface area contributed by atoms with Crippen LogP contribution in [0.4, 0.5) is 0 Å². The van der Waals surface area contributed by atoms with E-state index in [1.165, 1.54) is 14.0 Å². The van der Waals surface area contributed by atoms with E-state index in [1.54, 1.807) is 0 Å². The summed E-state index contributed by atoms with van der Waals surface area (Å²) in [6.45, 7) is 1.45. The number of carbonyl (C=O) groups excluding carboxylic acids is 2. The molecule has 15 heavy (non-hydrogen) atoms. The average Bonchev–Trinajstić information content (AvgIpc) is 2.16. The molecule has 1 N–H and O–H groups in total. The Balaban J connectivity index is 3.77. The van der Waals surface area contributed by atoms with Crippen molar-refractivity contribution >= 4 is 19.5 Å². The molecule has 0 spiro atoms. The first-order valence-corrected chi connectivity index (χ1v) is 6.28. The van der Waals surface area contributed by atoms with Gasteiger partial charge in [0, 0.05) is 12.8 Å². The Morgan fingerprint density at radius 2 is 1.80 bits per heavy atom. The first kappa shape index (κ1) is 14.1. The predicted molar refractivity (Wildman–Crippen MR) is 52.3 cm³/mol. The van der Waals surface area contributed by atoms with Crippen LogP contribution in [0.15, 0.2) is 0 Å². The van der Waals surface area contributed by atoms with Crippen LogP contribution < -0.4 is 0 Å². The van der Waals surface area contributed by atoms with Gasteiger partial charge in [0.2, 0.25) is 0 Å². The molecule has 0 aromatic heterocycles. The molecule has 0 amide bonds. The second-order valence-corrected chi connectivity index (χ2v) is 4.94. The second-order valence-electron chi connectivity index (χ2n) is 2.85. The molecule has 7 heteroatoms. The molecule has 0 aliphatic carbocycles. The number of ether oxygens (including phenoxy) is 1. The van der Waals surface area contributed by atoms with Crippen molar-refractivity contribution in [1.29, 1.82) is 0 Å². The van der Waals surface area contributed by atoms with E-state index in [2.05, 4.69) is 9.26 Å². The van der Waals surface area contributed by atoms with Gasteiger partial charge in [-0.05, 0) is 6.42 Å². The van der Waals surface area contributed by atoms with Gasteiger partial charge in [0.1, 0.15) is 0 Å². The highest BCUT2D eigenvalue weighted by Crippen LogP contribution is 2.41. The number of carbonyl (C=O) groups is 2. The summed E-state index contributed by atoms with van der Waals surface area (Å²) >= 11 is 0. The first-order valence-electron chi connectivity index (χ1n) is 4.52. The quantitative estimate of drug-likeness (QED) is 0.550. The zero-order chi connectivity index (χ0) is 11.9. The average molecular weight is 238 g/mol. The molecular formula is C8H15O6P. The minimum absolute atomic E-state index is 0.0698. The van der Waals surface area contributed by atoms with E-state index in [1.807, 2.05) is 0 Å². The van der Waals surface area contributed by atoms with E-state index in [4.69, 9.17) is 4.89 Å². The summed E-state index contributed by atoms with van der Waals surface area (Å²) in [5, 5.41) is 0. The van der Waals surface area contributed by atoms with Crippen LogP contribution in [0.5, 0.6) is 0 Å². The van der Waals surface area contributed by atoms with Crippen LogP contribution in [-0.4, -0.2) is 30.1 Å². The van der Waals surface area contributed by atoms with E-state index in [-0.39, 0.29) is 25.4 Å². The third-order valence-electron chi connectivity index (χ3n) is 1.63. The van der Waals surface area contributed by atoms with Crippen molar-refractivity contribution in [2.75, 3.05) is 13.3 Å². The van der Waals surface area contributed by atoms with Crippen LogP contribution in [0.1, 0.15) is 26.2 Å². The molecule has 0 aliphatic heterocycles. The van der Waals surface area contributed by atoms with Crippen LogP contribution in [-0.2, 0) is 23.4 Å². The lowest BCUT2D eigenvalue weighted by atomic mass is 10.2. The Kier molecular flexibility index (Phi) is 6.20. The monoisotopic (exact) mass is 238 g/mol. The first-order chi connectivity index (χ1) is 6.91. The summed E-state index contributed by atoms with van der Waals surface area (Å²) < 4.78 is 19.6. The summed E-state index contributed by atoms with van der Waals surface area (Å²) in [5.41, 5.74) is 0. The van der Waals surface area contributed by atoms with E-state index < -0.39 is 19.5 Å². The molecule has 0 rings (SSSR count). The highest BCUT2D eigenvalue weighted by molar-refractivity contribution is 7.53. The molecule has 0 fully saturated rings. The van der Waals surface area contributed by atoms with Crippen molar-refractivity contribution in [1.82, 2.24) is 0 Å². The van der Waals surface area contributed by atoms with Gasteiger partial charge < -0.3 is 14.2 Å². The van der Waals surface area contributed by atoms with Gasteiger partial charge in [-0.2, -0.15) is 0 Å². The van der Waals surface area contributed by atoms with Crippen molar-refractivity contribution in [3.8, 4) is 0 Å². The van der Waals surface area contributed by atoms with Gasteiger partial charge in [0.25, 0.3) is 0 Å². The van der Waals surface area contributed by atoms with E-state index >= 15 is 0 Å². The fourth-order valence-electron chi connectivity index (χ4n) is 0.748. The minimum atomic E-state index is -3.77. The van der Waals surface area contributed by atoms with Gasteiger partial charge in [0.15, 0.2) is 0 Å². The highest BCUT2D eigenvalue weighted by Gasteiger charge is 2.20. The molecule has 0 saturated carbocycles.